The van der Waals surface area contributed by atoms with Gasteiger partial charge in [-0.1, -0.05) is 118 Å². The second kappa shape index (κ2) is 7.27. The molecule has 9 heteroatoms. The molecule has 2 aromatic heterocycles. The first-order valence-electron chi connectivity index (χ1n) is 4.65. The minimum absolute atomic E-state index is 0.114. The van der Waals surface area contributed by atoms with Crippen LogP contribution in [0, 0.1) is 5.77 Å². The molecular weight excluding hydrogens is 791 g/mol. The lowest BCUT2D eigenvalue weighted by molar-refractivity contribution is -0.585. The summed E-state index contributed by atoms with van der Waals surface area (Å²) in [7, 11) is 0. The van der Waals surface area contributed by atoms with Crippen LogP contribution in [0.5, 0.6) is 0 Å². The summed E-state index contributed by atoms with van der Waals surface area (Å²) in [5.41, 5.74) is 0. The molecule has 0 nitrogen and oxygen atoms in total. The highest BCUT2D eigenvalue weighted by atomic mass is 127. The standard InChI is InChI=1S/C10H4Br6IS2/c11-9(12,13)5-1-3-7(18-5)17-8-4-2-6(19-8)10(14,15)16/h1-4H/q+1. The average Bonchev–Trinajstić information content (AvgIpc) is 2.84. The van der Waals surface area contributed by atoms with Crippen molar-refractivity contribution in [1.82, 2.24) is 0 Å². The van der Waals surface area contributed by atoms with Gasteiger partial charge in [0.25, 0.3) is 0 Å². The second-order valence-electron chi connectivity index (χ2n) is 3.30. The number of thiophene rings is 2. The van der Waals surface area contributed by atoms with Crippen molar-refractivity contribution in [2.75, 3.05) is 0 Å². The van der Waals surface area contributed by atoms with Gasteiger partial charge in [-0.25, -0.2) is 0 Å². The molecule has 0 bridgehead atoms. The number of alkyl halides is 6. The zero-order valence-corrected chi connectivity index (χ0v) is 22.1. The molecular formula is C10H4Br6IS2+. The number of rotatable bonds is 2. The fourth-order valence-corrected chi connectivity index (χ4v) is 9.42. The van der Waals surface area contributed by atoms with E-state index in [-0.39, 0.29) is 25.5 Å². The zero-order chi connectivity index (χ0) is 14.3. The molecule has 0 aliphatic carbocycles. The SMILES string of the molecule is BrC(Br)(Br)c1ccc([I+]c2ccc(C(Br)(Br)Br)s2)s1. The summed E-state index contributed by atoms with van der Waals surface area (Å²) in [5, 5.41) is 0. The summed E-state index contributed by atoms with van der Waals surface area (Å²) in [6, 6.07) is 8.73. The Balaban J connectivity index is 2.14. The van der Waals surface area contributed by atoms with Crippen LogP contribution in [0.2, 0.25) is 0 Å². The van der Waals surface area contributed by atoms with E-state index in [0.29, 0.717) is 0 Å². The molecule has 0 radical (unpaired) electrons. The number of hydrogen-bond acceptors (Lipinski definition) is 2. The topological polar surface area (TPSA) is 0 Å². The Morgan fingerprint density at radius 1 is 0.684 bits per heavy atom. The Morgan fingerprint density at radius 2 is 1.05 bits per heavy atom. The number of halogens is 7. The lowest BCUT2D eigenvalue weighted by atomic mass is 10.5. The fraction of sp³-hybridized carbons (Fsp3) is 0.200. The van der Waals surface area contributed by atoms with E-state index in [1.165, 1.54) is 15.5 Å². The summed E-state index contributed by atoms with van der Waals surface area (Å²) < 4.78 is 2.32. The van der Waals surface area contributed by atoms with Crippen molar-refractivity contribution in [1.29, 1.82) is 0 Å². The molecule has 0 aliphatic rings. The quantitative estimate of drug-likeness (QED) is 0.310. The van der Waals surface area contributed by atoms with Crippen LogP contribution in [0.3, 0.4) is 0 Å². The van der Waals surface area contributed by atoms with Crippen LogP contribution in [0.25, 0.3) is 0 Å². The Labute approximate surface area is 180 Å². The van der Waals surface area contributed by atoms with E-state index in [1.807, 2.05) is 22.7 Å². The van der Waals surface area contributed by atoms with E-state index >= 15 is 0 Å². The Hall–Kier alpha value is 3.01. The van der Waals surface area contributed by atoms with Gasteiger partial charge in [0.1, 0.15) is 0 Å². The monoisotopic (exact) mass is 788 g/mol. The maximum Gasteiger partial charge on any atom is 0.381 e. The van der Waals surface area contributed by atoms with Crippen molar-refractivity contribution in [3.05, 3.63) is 39.8 Å². The van der Waals surface area contributed by atoms with Gasteiger partial charge in [-0.2, -0.15) is 0 Å². The molecule has 0 saturated carbocycles. The molecule has 0 aliphatic heterocycles. The van der Waals surface area contributed by atoms with Crippen molar-refractivity contribution in [2.24, 2.45) is 0 Å². The van der Waals surface area contributed by atoms with Gasteiger partial charge < -0.3 is 0 Å². The van der Waals surface area contributed by atoms with Crippen LogP contribution in [0.4, 0.5) is 0 Å². The minimum Gasteiger partial charge on any atom is -0.0894 e. The third-order valence-electron chi connectivity index (χ3n) is 1.89. The molecule has 0 amide bonds. The molecule has 0 aromatic carbocycles. The van der Waals surface area contributed by atoms with E-state index < -0.39 is 0 Å². The predicted octanol–water partition coefficient (Wildman–Crippen LogP) is 4.53. The summed E-state index contributed by atoms with van der Waals surface area (Å²) in [6.45, 7) is 0. The minimum atomic E-state index is -0.295. The van der Waals surface area contributed by atoms with Crippen LogP contribution < -0.4 is 21.2 Å². The van der Waals surface area contributed by atoms with Gasteiger partial charge in [0, 0.05) is 21.9 Å². The van der Waals surface area contributed by atoms with Gasteiger partial charge in [0.15, 0.2) is 4.29 Å². The summed E-state index contributed by atoms with van der Waals surface area (Å²) in [4.78, 5) is 2.46. The van der Waals surface area contributed by atoms with Gasteiger partial charge in [-0.15, -0.1) is 0 Å². The lowest BCUT2D eigenvalue weighted by Gasteiger charge is -2.07. The number of hydrogen-bond donors (Lipinski definition) is 0. The highest BCUT2D eigenvalue weighted by Gasteiger charge is 2.30. The van der Waals surface area contributed by atoms with Crippen molar-refractivity contribution in [3.8, 4) is 0 Å². The van der Waals surface area contributed by atoms with Gasteiger partial charge in [0.05, 0.1) is 0 Å². The molecule has 0 unspecified atom stereocenters. The maximum absolute atomic E-state index is 3.56. The van der Waals surface area contributed by atoms with E-state index in [9.17, 15) is 0 Å². The predicted molar refractivity (Wildman–Crippen MR) is 103 cm³/mol. The highest BCUT2D eigenvalue weighted by molar-refractivity contribution is 9.39. The molecule has 2 rings (SSSR count). The Kier molecular flexibility index (Phi) is 7.02. The van der Waals surface area contributed by atoms with Crippen molar-refractivity contribution in [3.63, 3.8) is 0 Å². The lowest BCUT2D eigenvalue weighted by Crippen LogP contribution is -3.61. The molecule has 19 heavy (non-hydrogen) atoms. The third-order valence-corrected chi connectivity index (χ3v) is 12.2. The zero-order valence-electron chi connectivity index (χ0n) is 8.77. The van der Waals surface area contributed by atoms with Gasteiger partial charge >= 0.3 is 21.2 Å². The normalized spacial score (nSPS) is 12.9. The first-order chi connectivity index (χ1) is 8.66. The summed E-state index contributed by atoms with van der Waals surface area (Å²) >= 11 is 24.9. The molecule has 0 spiro atoms. The molecule has 2 heterocycles. The average molecular weight is 795 g/mol. The first kappa shape index (κ1) is 18.4. The fourth-order valence-electron chi connectivity index (χ4n) is 1.13. The van der Waals surface area contributed by atoms with E-state index in [0.717, 1.165) is 0 Å². The van der Waals surface area contributed by atoms with Crippen LogP contribution >= 0.6 is 118 Å². The van der Waals surface area contributed by atoms with E-state index in [2.05, 4.69) is 120 Å². The van der Waals surface area contributed by atoms with Crippen LogP contribution in [0.15, 0.2) is 24.3 Å². The van der Waals surface area contributed by atoms with Crippen LogP contribution in [-0.4, -0.2) is 0 Å². The third kappa shape index (κ3) is 5.54. The van der Waals surface area contributed by atoms with E-state index in [4.69, 9.17) is 0 Å². The Morgan fingerprint density at radius 3 is 1.32 bits per heavy atom. The van der Waals surface area contributed by atoms with Crippen molar-refractivity contribution >= 4 is 118 Å². The molecule has 104 valence electrons. The van der Waals surface area contributed by atoms with Crippen molar-refractivity contribution < 1.29 is 21.2 Å². The molecule has 0 atom stereocenters. The molecule has 0 saturated heterocycles. The highest BCUT2D eigenvalue weighted by Crippen LogP contribution is 2.47. The van der Waals surface area contributed by atoms with Gasteiger partial charge in [-0.05, 0) is 12.1 Å². The Bertz CT molecular complexity index is 515. The van der Waals surface area contributed by atoms with Crippen LogP contribution in [0.1, 0.15) is 9.75 Å². The molecule has 0 N–H and O–H groups in total. The molecule has 0 fully saturated rings. The van der Waals surface area contributed by atoms with Gasteiger partial charge in [0.2, 0.25) is 5.77 Å². The summed E-state index contributed by atoms with van der Waals surface area (Å²) in [6.07, 6.45) is 0. The van der Waals surface area contributed by atoms with Crippen LogP contribution in [-0.2, 0) is 4.29 Å². The van der Waals surface area contributed by atoms with Crippen molar-refractivity contribution in [2.45, 2.75) is 4.29 Å². The van der Waals surface area contributed by atoms with E-state index in [1.54, 1.807) is 0 Å². The summed E-state index contributed by atoms with van der Waals surface area (Å²) in [5.74, 6) is 0. The van der Waals surface area contributed by atoms with Gasteiger partial charge in [-0.3, -0.25) is 0 Å². The second-order valence-corrected chi connectivity index (χ2v) is 23.3. The smallest absolute Gasteiger partial charge is 0.0894 e. The molecule has 2 aromatic rings. The largest absolute Gasteiger partial charge is 0.381 e. The maximum atomic E-state index is 3.56. The first-order valence-corrected chi connectivity index (χ1v) is 13.2.